The van der Waals surface area contributed by atoms with Crippen LogP contribution in [0.4, 0.5) is 17.8 Å². The van der Waals surface area contributed by atoms with E-state index in [0.29, 0.717) is 29.8 Å². The summed E-state index contributed by atoms with van der Waals surface area (Å²) < 4.78 is 0. The third-order valence-corrected chi connectivity index (χ3v) is 4.34. The first-order valence-corrected chi connectivity index (χ1v) is 7.95. The van der Waals surface area contributed by atoms with Crippen molar-refractivity contribution in [2.75, 3.05) is 36.2 Å². The third kappa shape index (κ3) is 3.95. The second-order valence-electron chi connectivity index (χ2n) is 6.27. The molecule has 118 valence electrons. The molecule has 0 saturated heterocycles. The van der Waals surface area contributed by atoms with Crippen molar-refractivity contribution in [1.29, 1.82) is 0 Å². The molecule has 1 heterocycles. The first-order valence-electron chi connectivity index (χ1n) is 7.95. The van der Waals surface area contributed by atoms with E-state index in [1.165, 1.54) is 12.8 Å². The van der Waals surface area contributed by atoms with Crippen LogP contribution in [0, 0.1) is 11.8 Å². The van der Waals surface area contributed by atoms with Crippen LogP contribution in [-0.4, -0.2) is 41.6 Å². The van der Waals surface area contributed by atoms with Crippen molar-refractivity contribution in [2.24, 2.45) is 11.8 Å². The Hall–Kier alpha value is -1.59. The van der Waals surface area contributed by atoms with Gasteiger partial charge in [-0.1, -0.05) is 20.8 Å². The highest BCUT2D eigenvalue weighted by molar-refractivity contribution is 5.43. The first-order chi connectivity index (χ1) is 10.0. The molecule has 0 aliphatic heterocycles. The minimum absolute atomic E-state index is 0.455. The zero-order valence-electron chi connectivity index (χ0n) is 13.8. The molecule has 6 nitrogen and oxygen atoms in total. The second kappa shape index (κ2) is 6.91. The summed E-state index contributed by atoms with van der Waals surface area (Å²) in [5.41, 5.74) is 0. The monoisotopic (exact) mass is 292 g/mol. The lowest BCUT2D eigenvalue weighted by molar-refractivity contribution is 0.434. The molecule has 1 aliphatic carbocycles. The summed E-state index contributed by atoms with van der Waals surface area (Å²) in [6.07, 6.45) is 3.50. The molecule has 0 amide bonds. The fourth-order valence-electron chi connectivity index (χ4n) is 2.68. The average Bonchev–Trinajstić information content (AvgIpc) is 2.77. The van der Waals surface area contributed by atoms with Crippen LogP contribution in [0.1, 0.15) is 40.0 Å². The lowest BCUT2D eigenvalue weighted by Crippen LogP contribution is -2.26. The van der Waals surface area contributed by atoms with Crippen LogP contribution in [-0.2, 0) is 0 Å². The molecule has 1 aromatic rings. The fourth-order valence-corrected chi connectivity index (χ4v) is 2.68. The van der Waals surface area contributed by atoms with Crippen molar-refractivity contribution in [2.45, 2.75) is 46.1 Å². The van der Waals surface area contributed by atoms with Gasteiger partial charge in [0.2, 0.25) is 17.8 Å². The Morgan fingerprint density at radius 2 is 1.81 bits per heavy atom. The smallest absolute Gasteiger partial charge is 0.231 e. The van der Waals surface area contributed by atoms with E-state index in [1.54, 1.807) is 0 Å². The average molecular weight is 292 g/mol. The van der Waals surface area contributed by atoms with Crippen molar-refractivity contribution in [3.05, 3.63) is 0 Å². The molecule has 3 atom stereocenters. The van der Waals surface area contributed by atoms with Crippen molar-refractivity contribution in [3.63, 3.8) is 0 Å². The van der Waals surface area contributed by atoms with Crippen molar-refractivity contribution >= 4 is 17.8 Å². The molecule has 1 aliphatic rings. The highest BCUT2D eigenvalue weighted by Crippen LogP contribution is 2.32. The van der Waals surface area contributed by atoms with Gasteiger partial charge >= 0.3 is 0 Å². The van der Waals surface area contributed by atoms with E-state index in [9.17, 15) is 0 Å². The Labute approximate surface area is 127 Å². The minimum atomic E-state index is 0.455. The van der Waals surface area contributed by atoms with Gasteiger partial charge in [0, 0.05) is 26.7 Å². The predicted molar refractivity (Wildman–Crippen MR) is 87.9 cm³/mol. The van der Waals surface area contributed by atoms with E-state index < -0.39 is 0 Å². The summed E-state index contributed by atoms with van der Waals surface area (Å²) in [6.45, 7) is 7.62. The van der Waals surface area contributed by atoms with Gasteiger partial charge in [-0.25, -0.2) is 0 Å². The Bertz CT molecular complexity index is 461. The van der Waals surface area contributed by atoms with Gasteiger partial charge in [0.25, 0.3) is 0 Å². The molecule has 6 heteroatoms. The topological polar surface area (TPSA) is 66.0 Å². The first kappa shape index (κ1) is 15.8. The Kier molecular flexibility index (Phi) is 5.20. The maximum absolute atomic E-state index is 4.52. The summed E-state index contributed by atoms with van der Waals surface area (Å²) in [5.74, 6) is 3.42. The van der Waals surface area contributed by atoms with E-state index >= 15 is 0 Å². The van der Waals surface area contributed by atoms with Crippen LogP contribution in [0.5, 0.6) is 0 Å². The lowest BCUT2D eigenvalue weighted by Gasteiger charge is -2.21. The summed E-state index contributed by atoms with van der Waals surface area (Å²) in [7, 11) is 3.89. The van der Waals surface area contributed by atoms with Gasteiger partial charge in [0.1, 0.15) is 0 Å². The third-order valence-electron chi connectivity index (χ3n) is 4.34. The fraction of sp³-hybridized carbons (Fsp3) is 0.800. The van der Waals surface area contributed by atoms with Crippen LogP contribution in [0.15, 0.2) is 0 Å². The summed E-state index contributed by atoms with van der Waals surface area (Å²) >= 11 is 0. The zero-order chi connectivity index (χ0) is 15.4. The molecule has 2 N–H and O–H groups in total. The Morgan fingerprint density at radius 1 is 1.10 bits per heavy atom. The predicted octanol–water partition coefficient (Wildman–Crippen LogP) is 2.61. The number of nitrogens with one attached hydrogen (secondary N) is 2. The summed E-state index contributed by atoms with van der Waals surface area (Å²) in [4.78, 5) is 15.4. The van der Waals surface area contributed by atoms with E-state index in [2.05, 4.69) is 46.4 Å². The van der Waals surface area contributed by atoms with E-state index in [-0.39, 0.29) is 0 Å². The Balaban J connectivity index is 2.15. The summed E-state index contributed by atoms with van der Waals surface area (Å²) in [6, 6.07) is 0.455. The van der Waals surface area contributed by atoms with Crippen LogP contribution in [0.25, 0.3) is 0 Å². The SMILES string of the molecule is CCCNc1nc(NC2CCC(C)C2C)nc(N(C)C)n1. The van der Waals surface area contributed by atoms with Crippen LogP contribution >= 0.6 is 0 Å². The zero-order valence-corrected chi connectivity index (χ0v) is 13.8. The molecule has 0 aromatic carbocycles. The van der Waals surface area contributed by atoms with Crippen LogP contribution in [0.2, 0.25) is 0 Å². The largest absolute Gasteiger partial charge is 0.354 e. The van der Waals surface area contributed by atoms with Gasteiger partial charge in [-0.2, -0.15) is 15.0 Å². The highest BCUT2D eigenvalue weighted by Gasteiger charge is 2.30. The quantitative estimate of drug-likeness (QED) is 0.840. The maximum atomic E-state index is 4.52. The molecule has 0 spiro atoms. The Morgan fingerprint density at radius 3 is 2.38 bits per heavy atom. The standard InChI is InChI=1S/C15H28N6/c1-6-9-16-13-18-14(20-15(19-13)21(4)5)17-12-8-7-10(2)11(12)3/h10-12H,6-9H2,1-5H3,(H2,16,17,18,19,20). The van der Waals surface area contributed by atoms with Gasteiger partial charge in [0.05, 0.1) is 0 Å². The minimum Gasteiger partial charge on any atom is -0.354 e. The van der Waals surface area contributed by atoms with Gasteiger partial charge in [0.15, 0.2) is 0 Å². The number of rotatable bonds is 6. The molecule has 3 unspecified atom stereocenters. The number of anilines is 3. The lowest BCUT2D eigenvalue weighted by atomic mass is 9.98. The molecule has 1 aromatic heterocycles. The number of nitrogens with zero attached hydrogens (tertiary/aromatic N) is 4. The summed E-state index contributed by atoms with van der Waals surface area (Å²) in [5, 5.41) is 6.75. The van der Waals surface area contributed by atoms with E-state index in [0.717, 1.165) is 18.9 Å². The van der Waals surface area contributed by atoms with Crippen LogP contribution in [0.3, 0.4) is 0 Å². The van der Waals surface area contributed by atoms with Gasteiger partial charge in [-0.3, -0.25) is 0 Å². The molecular weight excluding hydrogens is 264 g/mol. The number of aromatic nitrogens is 3. The normalized spacial score (nSPS) is 24.9. The number of hydrogen-bond donors (Lipinski definition) is 2. The molecule has 0 radical (unpaired) electrons. The molecule has 2 rings (SSSR count). The van der Waals surface area contributed by atoms with Crippen LogP contribution < -0.4 is 15.5 Å². The van der Waals surface area contributed by atoms with E-state index in [1.807, 2.05) is 19.0 Å². The van der Waals surface area contributed by atoms with Crippen molar-refractivity contribution in [3.8, 4) is 0 Å². The molecule has 1 saturated carbocycles. The molecular formula is C15H28N6. The maximum Gasteiger partial charge on any atom is 0.231 e. The molecule has 0 bridgehead atoms. The number of hydrogen-bond acceptors (Lipinski definition) is 6. The van der Waals surface area contributed by atoms with E-state index in [4.69, 9.17) is 0 Å². The molecule has 21 heavy (non-hydrogen) atoms. The second-order valence-corrected chi connectivity index (χ2v) is 6.27. The molecule has 1 fully saturated rings. The van der Waals surface area contributed by atoms with Crippen molar-refractivity contribution in [1.82, 2.24) is 15.0 Å². The van der Waals surface area contributed by atoms with Gasteiger partial charge in [-0.15, -0.1) is 0 Å². The highest BCUT2D eigenvalue weighted by atomic mass is 15.3. The van der Waals surface area contributed by atoms with Crippen molar-refractivity contribution < 1.29 is 0 Å². The van der Waals surface area contributed by atoms with Gasteiger partial charge < -0.3 is 15.5 Å². The van der Waals surface area contributed by atoms with Gasteiger partial charge in [-0.05, 0) is 31.1 Å².